The van der Waals surface area contributed by atoms with Gasteiger partial charge in [-0.3, -0.25) is 9.80 Å². The molecule has 4 aromatic rings. The molecule has 1 unspecified atom stereocenters. The Morgan fingerprint density at radius 2 is 1.52 bits per heavy atom. The molecule has 0 radical (unpaired) electrons. The first-order chi connectivity index (χ1) is 14.3. The number of benzene rings is 4. The van der Waals surface area contributed by atoms with Crippen LogP contribution in [0.25, 0.3) is 10.8 Å². The maximum absolute atomic E-state index is 11.0. The standard InChI is InChI=1S/C26H20N2O/c29-18-19-13-15-22(16-14-19)28-26(21-8-2-1-3-9-21)17-25(27-28)24-12-6-10-20-7-4-5-11-23(20)24/h1-16,18,26H,17H2. The number of hydrogen-bond acceptors (Lipinski definition) is 3. The van der Waals surface area contributed by atoms with Crippen molar-refractivity contribution in [2.75, 3.05) is 5.01 Å². The van der Waals surface area contributed by atoms with Gasteiger partial charge in [-0.1, -0.05) is 72.8 Å². The third-order valence-corrected chi connectivity index (χ3v) is 5.49. The van der Waals surface area contributed by atoms with Gasteiger partial charge in [-0.25, -0.2) is 0 Å². The fourth-order valence-corrected chi connectivity index (χ4v) is 4.03. The third-order valence-electron chi connectivity index (χ3n) is 5.49. The van der Waals surface area contributed by atoms with Crippen LogP contribution in [0.2, 0.25) is 0 Å². The average Bonchev–Trinajstić information content (AvgIpc) is 3.24. The molecule has 0 spiro atoms. The first-order valence-electron chi connectivity index (χ1n) is 9.78. The van der Waals surface area contributed by atoms with Crippen LogP contribution in [0.4, 0.5) is 5.69 Å². The number of anilines is 1. The minimum Gasteiger partial charge on any atom is -0.298 e. The summed E-state index contributed by atoms with van der Waals surface area (Å²) in [5.41, 5.74) is 5.14. The Hall–Kier alpha value is -3.72. The molecule has 4 aromatic carbocycles. The molecule has 0 aromatic heterocycles. The number of fused-ring (bicyclic) bond motifs is 1. The maximum Gasteiger partial charge on any atom is 0.150 e. The molecule has 0 aliphatic carbocycles. The number of hydrogen-bond donors (Lipinski definition) is 0. The van der Waals surface area contributed by atoms with Gasteiger partial charge in [-0.2, -0.15) is 5.10 Å². The summed E-state index contributed by atoms with van der Waals surface area (Å²) in [4.78, 5) is 11.0. The van der Waals surface area contributed by atoms with Gasteiger partial charge in [0.2, 0.25) is 0 Å². The van der Waals surface area contributed by atoms with Crippen LogP contribution in [0.1, 0.15) is 33.9 Å². The largest absolute Gasteiger partial charge is 0.298 e. The molecule has 1 heterocycles. The molecule has 0 bridgehead atoms. The molecule has 1 aliphatic heterocycles. The van der Waals surface area contributed by atoms with Crippen molar-refractivity contribution < 1.29 is 4.79 Å². The molecular weight excluding hydrogens is 356 g/mol. The molecule has 0 saturated carbocycles. The third kappa shape index (κ3) is 3.21. The second-order valence-electron chi connectivity index (χ2n) is 7.26. The average molecular weight is 376 g/mol. The first-order valence-corrected chi connectivity index (χ1v) is 9.78. The molecule has 1 atom stereocenters. The zero-order valence-electron chi connectivity index (χ0n) is 15.9. The van der Waals surface area contributed by atoms with E-state index in [-0.39, 0.29) is 6.04 Å². The highest BCUT2D eigenvalue weighted by molar-refractivity contribution is 6.12. The second kappa shape index (κ2) is 7.36. The van der Waals surface area contributed by atoms with Crippen molar-refractivity contribution >= 4 is 28.5 Å². The normalized spacial score (nSPS) is 16.1. The van der Waals surface area contributed by atoms with E-state index in [2.05, 4.69) is 71.7 Å². The zero-order chi connectivity index (χ0) is 19.6. The van der Waals surface area contributed by atoms with E-state index in [0.717, 1.165) is 24.1 Å². The Kier molecular flexibility index (Phi) is 4.41. The molecule has 1 aliphatic rings. The van der Waals surface area contributed by atoms with E-state index in [1.165, 1.54) is 21.9 Å². The van der Waals surface area contributed by atoms with E-state index in [4.69, 9.17) is 5.10 Å². The lowest BCUT2D eigenvalue weighted by Gasteiger charge is -2.24. The van der Waals surface area contributed by atoms with Crippen LogP contribution in [-0.2, 0) is 0 Å². The Morgan fingerprint density at radius 3 is 2.31 bits per heavy atom. The van der Waals surface area contributed by atoms with Crippen molar-refractivity contribution in [3.63, 3.8) is 0 Å². The molecule has 3 nitrogen and oxygen atoms in total. The van der Waals surface area contributed by atoms with Crippen LogP contribution in [0.3, 0.4) is 0 Å². The number of rotatable bonds is 4. The predicted molar refractivity (Wildman–Crippen MR) is 119 cm³/mol. The van der Waals surface area contributed by atoms with E-state index < -0.39 is 0 Å². The van der Waals surface area contributed by atoms with Crippen molar-refractivity contribution in [2.24, 2.45) is 5.10 Å². The van der Waals surface area contributed by atoms with Gasteiger partial charge >= 0.3 is 0 Å². The molecular formula is C26H20N2O. The van der Waals surface area contributed by atoms with Crippen LogP contribution in [0, 0.1) is 0 Å². The fourth-order valence-electron chi connectivity index (χ4n) is 4.03. The number of carbonyl (C=O) groups excluding carboxylic acids is 1. The zero-order valence-corrected chi connectivity index (χ0v) is 15.9. The Bertz CT molecular complexity index is 1190. The number of carbonyl (C=O) groups is 1. The van der Waals surface area contributed by atoms with Gasteiger partial charge in [0.05, 0.1) is 17.4 Å². The van der Waals surface area contributed by atoms with Crippen LogP contribution in [0.5, 0.6) is 0 Å². The summed E-state index contributed by atoms with van der Waals surface area (Å²) in [6, 6.07) is 33.0. The molecule has 0 saturated heterocycles. The van der Waals surface area contributed by atoms with Gasteiger partial charge in [-0.15, -0.1) is 0 Å². The van der Waals surface area contributed by atoms with E-state index in [0.29, 0.717) is 5.56 Å². The van der Waals surface area contributed by atoms with E-state index in [9.17, 15) is 4.79 Å². The Balaban J connectivity index is 1.62. The molecule has 5 rings (SSSR count). The smallest absolute Gasteiger partial charge is 0.150 e. The second-order valence-corrected chi connectivity index (χ2v) is 7.26. The van der Waals surface area contributed by atoms with Crippen molar-refractivity contribution in [3.8, 4) is 0 Å². The van der Waals surface area contributed by atoms with Gasteiger partial charge in [0.1, 0.15) is 6.29 Å². The first kappa shape index (κ1) is 17.4. The summed E-state index contributed by atoms with van der Waals surface area (Å²) >= 11 is 0. The van der Waals surface area contributed by atoms with Gasteiger partial charge in [-0.05, 0) is 40.6 Å². The summed E-state index contributed by atoms with van der Waals surface area (Å²) in [7, 11) is 0. The fraction of sp³-hybridized carbons (Fsp3) is 0.0769. The van der Waals surface area contributed by atoms with Crippen molar-refractivity contribution in [1.29, 1.82) is 0 Å². The SMILES string of the molecule is O=Cc1ccc(N2N=C(c3cccc4ccccc34)CC2c2ccccc2)cc1. The minimum absolute atomic E-state index is 0.118. The highest BCUT2D eigenvalue weighted by Crippen LogP contribution is 2.37. The molecule has 3 heteroatoms. The van der Waals surface area contributed by atoms with E-state index in [1.807, 2.05) is 30.3 Å². The monoisotopic (exact) mass is 376 g/mol. The summed E-state index contributed by atoms with van der Waals surface area (Å²) in [6.07, 6.45) is 1.70. The molecule has 0 fully saturated rings. The highest BCUT2D eigenvalue weighted by atomic mass is 16.1. The quantitative estimate of drug-likeness (QED) is 0.409. The van der Waals surface area contributed by atoms with Gasteiger partial charge in [0.15, 0.2) is 0 Å². The van der Waals surface area contributed by atoms with Gasteiger partial charge in [0, 0.05) is 17.5 Å². The molecule has 140 valence electrons. The molecule has 29 heavy (non-hydrogen) atoms. The highest BCUT2D eigenvalue weighted by Gasteiger charge is 2.30. The number of hydrazone groups is 1. The lowest BCUT2D eigenvalue weighted by Crippen LogP contribution is -2.18. The molecule has 0 N–H and O–H groups in total. The van der Waals surface area contributed by atoms with Crippen LogP contribution in [0.15, 0.2) is 102 Å². The summed E-state index contributed by atoms with van der Waals surface area (Å²) in [6.45, 7) is 0. The Labute approximate surface area is 169 Å². The topological polar surface area (TPSA) is 32.7 Å². The number of nitrogens with zero attached hydrogens (tertiary/aromatic N) is 2. The lowest BCUT2D eigenvalue weighted by molar-refractivity contribution is 0.112. The van der Waals surface area contributed by atoms with E-state index >= 15 is 0 Å². The summed E-state index contributed by atoms with van der Waals surface area (Å²) in [5, 5.41) is 9.58. The van der Waals surface area contributed by atoms with Crippen LogP contribution < -0.4 is 5.01 Å². The van der Waals surface area contributed by atoms with Crippen LogP contribution >= 0.6 is 0 Å². The predicted octanol–water partition coefficient (Wildman–Crippen LogP) is 6.01. The van der Waals surface area contributed by atoms with Gasteiger partial charge < -0.3 is 0 Å². The van der Waals surface area contributed by atoms with E-state index in [1.54, 1.807) is 0 Å². The summed E-state index contributed by atoms with van der Waals surface area (Å²) < 4.78 is 0. The van der Waals surface area contributed by atoms with Crippen molar-refractivity contribution in [2.45, 2.75) is 12.5 Å². The minimum atomic E-state index is 0.118. The van der Waals surface area contributed by atoms with Crippen molar-refractivity contribution in [3.05, 3.63) is 114 Å². The lowest BCUT2D eigenvalue weighted by atomic mass is 9.95. The van der Waals surface area contributed by atoms with Crippen molar-refractivity contribution in [1.82, 2.24) is 0 Å². The van der Waals surface area contributed by atoms with Gasteiger partial charge in [0.25, 0.3) is 0 Å². The number of aldehydes is 1. The van der Waals surface area contributed by atoms with Crippen LogP contribution in [-0.4, -0.2) is 12.0 Å². The molecule has 0 amide bonds. The summed E-state index contributed by atoms with van der Waals surface area (Å²) in [5.74, 6) is 0. The Morgan fingerprint density at radius 1 is 0.793 bits per heavy atom. The maximum atomic E-state index is 11.0.